The van der Waals surface area contributed by atoms with Gasteiger partial charge >= 0.3 is 5.97 Å². The third-order valence-corrected chi connectivity index (χ3v) is 9.55. The Morgan fingerprint density at radius 1 is 1.15 bits per heavy atom. The van der Waals surface area contributed by atoms with E-state index in [-0.39, 0.29) is 29.5 Å². The number of fused-ring (bicyclic) bond motifs is 5. The van der Waals surface area contributed by atoms with Crippen LogP contribution in [0.2, 0.25) is 0 Å². The second-order valence-corrected chi connectivity index (χ2v) is 11.6. The Morgan fingerprint density at radius 2 is 1.91 bits per heavy atom. The van der Waals surface area contributed by atoms with E-state index in [0.29, 0.717) is 17.8 Å². The molecule has 33 heavy (non-hydrogen) atoms. The molecule has 7 atom stereocenters. The van der Waals surface area contributed by atoms with Crippen molar-refractivity contribution in [2.75, 3.05) is 6.61 Å². The molecule has 184 valence electrons. The number of nitrogens with one attached hydrogen (secondary N) is 1. The third kappa shape index (κ3) is 4.33. The van der Waals surface area contributed by atoms with Crippen LogP contribution in [-0.4, -0.2) is 46.6 Å². The van der Waals surface area contributed by atoms with Gasteiger partial charge in [-0.2, -0.15) is 0 Å². The van der Waals surface area contributed by atoms with Gasteiger partial charge in [0.05, 0.1) is 11.8 Å². The second-order valence-electron chi connectivity index (χ2n) is 11.6. The van der Waals surface area contributed by atoms with Crippen LogP contribution in [0.4, 0.5) is 0 Å². The van der Waals surface area contributed by atoms with Gasteiger partial charge in [0, 0.05) is 0 Å². The normalized spacial score (nSPS) is 39.8. The van der Waals surface area contributed by atoms with Gasteiger partial charge in [0.15, 0.2) is 6.61 Å². The number of oxime groups is 1. The van der Waals surface area contributed by atoms with E-state index in [1.54, 1.807) is 13.8 Å². The number of allylic oxidation sites excluding steroid dienone is 2. The molecule has 7 nitrogen and oxygen atoms in total. The first-order valence-corrected chi connectivity index (χ1v) is 12.7. The maximum Gasteiger partial charge on any atom is 0.326 e. The highest BCUT2D eigenvalue weighted by Crippen LogP contribution is 2.65. The van der Waals surface area contributed by atoms with Gasteiger partial charge in [0.2, 0.25) is 0 Å². The molecule has 3 N–H and O–H groups in total. The van der Waals surface area contributed by atoms with E-state index in [2.05, 4.69) is 30.4 Å². The molecule has 4 aliphatic carbocycles. The standard InChI is InChI=1S/C26H40N2O5/c1-15(2)23(24(31)32)27-22(30)14-33-28-17-9-11-25(3)16(13-17)5-6-18-19-7-8-21(29)26(19,4)12-10-20(18)25/h13,15,18-21,23,29H,5-12,14H2,1-4H3,(H,27,30)(H,31,32)/t18-,19+,20-,21-,23+,25+,26+/m1/s1. The summed E-state index contributed by atoms with van der Waals surface area (Å²) in [5, 5.41) is 26.6. The summed E-state index contributed by atoms with van der Waals surface area (Å²) in [7, 11) is 0. The first kappa shape index (κ1) is 24.2. The third-order valence-electron chi connectivity index (χ3n) is 9.55. The lowest BCUT2D eigenvalue weighted by molar-refractivity contribution is -0.143. The zero-order valence-electron chi connectivity index (χ0n) is 20.5. The summed E-state index contributed by atoms with van der Waals surface area (Å²) in [6, 6.07) is -0.931. The van der Waals surface area contributed by atoms with Crippen molar-refractivity contribution >= 4 is 17.6 Å². The second kappa shape index (κ2) is 9.05. The molecule has 3 fully saturated rings. The fourth-order valence-corrected chi connectivity index (χ4v) is 7.52. The molecule has 0 saturated heterocycles. The first-order valence-electron chi connectivity index (χ1n) is 12.7. The van der Waals surface area contributed by atoms with Crippen molar-refractivity contribution in [3.63, 3.8) is 0 Å². The van der Waals surface area contributed by atoms with Crippen LogP contribution in [0.3, 0.4) is 0 Å². The van der Waals surface area contributed by atoms with Crippen LogP contribution in [-0.2, 0) is 14.4 Å². The summed E-state index contributed by atoms with van der Waals surface area (Å²) in [6.07, 6.45) is 10.6. The number of aliphatic carboxylic acids is 1. The van der Waals surface area contributed by atoms with Gasteiger partial charge < -0.3 is 20.4 Å². The van der Waals surface area contributed by atoms with Crippen molar-refractivity contribution < 1.29 is 24.6 Å². The average Bonchev–Trinajstić information content (AvgIpc) is 3.06. The van der Waals surface area contributed by atoms with Crippen LogP contribution in [0.15, 0.2) is 16.8 Å². The van der Waals surface area contributed by atoms with Gasteiger partial charge in [-0.05, 0) is 91.9 Å². The molecule has 7 heteroatoms. The molecular formula is C26H40N2O5. The summed E-state index contributed by atoms with van der Waals surface area (Å²) in [5.41, 5.74) is 2.60. The molecule has 0 unspecified atom stereocenters. The van der Waals surface area contributed by atoms with Crippen LogP contribution < -0.4 is 5.32 Å². The number of carboxylic acid groups (broad SMARTS) is 1. The van der Waals surface area contributed by atoms with Gasteiger partial charge in [-0.1, -0.05) is 38.4 Å². The monoisotopic (exact) mass is 460 g/mol. The first-order chi connectivity index (χ1) is 15.6. The number of rotatable bonds is 6. The Balaban J connectivity index is 1.39. The number of nitrogens with zero attached hydrogens (tertiary/aromatic N) is 1. The Labute approximate surface area is 197 Å². The maximum atomic E-state index is 12.1. The number of aliphatic hydroxyl groups is 1. The van der Waals surface area contributed by atoms with E-state index in [4.69, 9.17) is 4.84 Å². The topological polar surface area (TPSA) is 108 Å². The van der Waals surface area contributed by atoms with Crippen molar-refractivity contribution in [1.82, 2.24) is 5.32 Å². The van der Waals surface area contributed by atoms with E-state index in [1.807, 2.05) is 0 Å². The van der Waals surface area contributed by atoms with E-state index in [9.17, 15) is 19.8 Å². The fourth-order valence-electron chi connectivity index (χ4n) is 7.52. The molecular weight excluding hydrogens is 420 g/mol. The number of hydrogen-bond acceptors (Lipinski definition) is 5. The lowest BCUT2D eigenvalue weighted by Crippen LogP contribution is -2.51. The lowest BCUT2D eigenvalue weighted by Gasteiger charge is -2.57. The minimum atomic E-state index is -1.05. The number of carbonyl (C=O) groups is 2. The number of amides is 1. The number of carboxylic acids is 1. The average molecular weight is 461 g/mol. The van der Waals surface area contributed by atoms with Gasteiger partial charge in [0.25, 0.3) is 5.91 Å². The SMILES string of the molecule is CC(C)[C@H](NC(=O)CON=C1C=C2CC[C@H]3[C@@H](CC[C@]4(C)[C@H](O)CC[C@@H]34)[C@@]2(C)CC1)C(=O)O. The summed E-state index contributed by atoms with van der Waals surface area (Å²) in [6.45, 7) is 7.96. The maximum absolute atomic E-state index is 12.1. The van der Waals surface area contributed by atoms with Crippen LogP contribution in [0.1, 0.15) is 79.1 Å². The van der Waals surface area contributed by atoms with Crippen LogP contribution in [0.25, 0.3) is 0 Å². The highest BCUT2D eigenvalue weighted by molar-refractivity contribution is 5.96. The van der Waals surface area contributed by atoms with Crippen molar-refractivity contribution in [3.05, 3.63) is 11.6 Å². The van der Waals surface area contributed by atoms with E-state index < -0.39 is 17.9 Å². The Hall–Kier alpha value is -1.89. The van der Waals surface area contributed by atoms with Crippen molar-refractivity contribution in [2.45, 2.75) is 91.2 Å². The smallest absolute Gasteiger partial charge is 0.326 e. The molecule has 3 saturated carbocycles. The van der Waals surface area contributed by atoms with Crippen molar-refractivity contribution in [2.24, 2.45) is 39.7 Å². The van der Waals surface area contributed by atoms with Crippen LogP contribution in [0, 0.1) is 34.5 Å². The van der Waals surface area contributed by atoms with Gasteiger partial charge in [0.1, 0.15) is 6.04 Å². The minimum Gasteiger partial charge on any atom is -0.480 e. The van der Waals surface area contributed by atoms with Crippen molar-refractivity contribution in [1.29, 1.82) is 0 Å². The predicted molar refractivity (Wildman–Crippen MR) is 126 cm³/mol. The molecule has 4 aliphatic rings. The van der Waals surface area contributed by atoms with Crippen LogP contribution in [0.5, 0.6) is 0 Å². The van der Waals surface area contributed by atoms with Crippen LogP contribution >= 0.6 is 0 Å². The zero-order chi connectivity index (χ0) is 24.0. The molecule has 0 aromatic heterocycles. The van der Waals surface area contributed by atoms with Gasteiger partial charge in [-0.3, -0.25) is 4.79 Å². The number of aliphatic hydroxyl groups excluding tert-OH is 1. The Kier molecular flexibility index (Phi) is 6.64. The molecule has 4 rings (SSSR count). The molecule has 0 aliphatic heterocycles. The Morgan fingerprint density at radius 3 is 2.61 bits per heavy atom. The highest BCUT2D eigenvalue weighted by Gasteiger charge is 2.58. The summed E-state index contributed by atoms with van der Waals surface area (Å²) in [4.78, 5) is 28.6. The quantitative estimate of drug-likeness (QED) is 0.521. The van der Waals surface area contributed by atoms with Crippen molar-refractivity contribution in [3.8, 4) is 0 Å². The minimum absolute atomic E-state index is 0.101. The summed E-state index contributed by atoms with van der Waals surface area (Å²) < 4.78 is 0. The largest absolute Gasteiger partial charge is 0.480 e. The predicted octanol–water partition coefficient (Wildman–Crippen LogP) is 3.91. The zero-order valence-corrected chi connectivity index (χ0v) is 20.5. The van der Waals surface area contributed by atoms with E-state index in [1.165, 1.54) is 18.4 Å². The fraction of sp³-hybridized carbons (Fsp3) is 0.808. The molecule has 0 aromatic carbocycles. The lowest BCUT2D eigenvalue weighted by atomic mass is 9.47. The summed E-state index contributed by atoms with van der Waals surface area (Å²) >= 11 is 0. The molecule has 0 radical (unpaired) electrons. The number of hydrogen-bond donors (Lipinski definition) is 3. The molecule has 0 aromatic rings. The van der Waals surface area contributed by atoms with Gasteiger partial charge in [-0.15, -0.1) is 0 Å². The summed E-state index contributed by atoms with van der Waals surface area (Å²) in [5.74, 6) is 0.272. The molecule has 0 heterocycles. The Bertz CT molecular complexity index is 852. The molecule has 0 spiro atoms. The number of carbonyl (C=O) groups excluding carboxylic acids is 1. The molecule has 0 bridgehead atoms. The van der Waals surface area contributed by atoms with Gasteiger partial charge in [-0.25, -0.2) is 4.79 Å². The highest BCUT2D eigenvalue weighted by atomic mass is 16.6. The van der Waals surface area contributed by atoms with E-state index in [0.717, 1.165) is 44.2 Å². The van der Waals surface area contributed by atoms with E-state index >= 15 is 0 Å². The molecule has 1 amide bonds.